The monoisotopic (exact) mass is 292 g/mol. The maximum absolute atomic E-state index is 12.0. The number of rotatable bonds is 2. The SMILES string of the molecule is O=C(NC[C@H]1COc2ccccc2O1)N1CCC[C@H](O)C1. The quantitative estimate of drug-likeness (QED) is 0.853. The van der Waals surface area contributed by atoms with Crippen molar-refractivity contribution < 1.29 is 19.4 Å². The van der Waals surface area contributed by atoms with Gasteiger partial charge in [-0.05, 0) is 25.0 Å². The number of fused-ring (bicyclic) bond motifs is 1. The van der Waals surface area contributed by atoms with Crippen LogP contribution in [0.25, 0.3) is 0 Å². The zero-order valence-corrected chi connectivity index (χ0v) is 11.8. The second kappa shape index (κ2) is 6.22. The highest BCUT2D eigenvalue weighted by molar-refractivity contribution is 5.74. The number of β-amino-alcohol motifs (C(OH)–C–C–N with tert-alkyl or cyclic N) is 1. The molecule has 6 heteroatoms. The number of para-hydroxylation sites is 2. The van der Waals surface area contributed by atoms with Gasteiger partial charge in [0, 0.05) is 13.1 Å². The molecule has 1 aromatic carbocycles. The number of nitrogens with zero attached hydrogens (tertiary/aromatic N) is 1. The number of likely N-dealkylation sites (tertiary alicyclic amines) is 1. The van der Waals surface area contributed by atoms with Crippen molar-refractivity contribution in [1.82, 2.24) is 10.2 Å². The molecule has 2 N–H and O–H groups in total. The molecular weight excluding hydrogens is 272 g/mol. The van der Waals surface area contributed by atoms with Crippen LogP contribution < -0.4 is 14.8 Å². The van der Waals surface area contributed by atoms with Crippen LogP contribution in [0, 0.1) is 0 Å². The molecule has 2 heterocycles. The summed E-state index contributed by atoms with van der Waals surface area (Å²) in [5.41, 5.74) is 0. The van der Waals surface area contributed by atoms with Crippen molar-refractivity contribution in [2.24, 2.45) is 0 Å². The largest absolute Gasteiger partial charge is 0.486 e. The number of nitrogens with one attached hydrogen (secondary N) is 1. The second-order valence-corrected chi connectivity index (χ2v) is 5.43. The fourth-order valence-corrected chi connectivity index (χ4v) is 2.62. The Morgan fingerprint density at radius 1 is 1.38 bits per heavy atom. The first kappa shape index (κ1) is 14.0. The molecule has 6 nitrogen and oxygen atoms in total. The molecule has 0 unspecified atom stereocenters. The van der Waals surface area contributed by atoms with Crippen LogP contribution in [0.4, 0.5) is 4.79 Å². The number of hydrogen-bond acceptors (Lipinski definition) is 4. The second-order valence-electron chi connectivity index (χ2n) is 5.43. The van der Waals surface area contributed by atoms with Gasteiger partial charge in [-0.25, -0.2) is 4.79 Å². The van der Waals surface area contributed by atoms with Gasteiger partial charge in [0.2, 0.25) is 0 Å². The molecule has 0 aliphatic carbocycles. The standard InChI is InChI=1S/C15H20N2O4/c18-11-4-3-7-17(9-11)15(19)16-8-12-10-20-13-5-1-2-6-14(13)21-12/h1-2,5-6,11-12,18H,3-4,7-10H2,(H,16,19)/t11-,12-/m0/s1. The number of ether oxygens (including phenoxy) is 2. The molecule has 2 aliphatic heterocycles. The van der Waals surface area contributed by atoms with Gasteiger partial charge in [0.25, 0.3) is 0 Å². The maximum atomic E-state index is 12.0. The highest BCUT2D eigenvalue weighted by atomic mass is 16.6. The van der Waals surface area contributed by atoms with E-state index >= 15 is 0 Å². The van der Waals surface area contributed by atoms with Gasteiger partial charge >= 0.3 is 6.03 Å². The summed E-state index contributed by atoms with van der Waals surface area (Å²) >= 11 is 0. The number of hydrogen-bond donors (Lipinski definition) is 2. The molecule has 114 valence electrons. The van der Waals surface area contributed by atoms with Crippen LogP contribution in [0.2, 0.25) is 0 Å². The number of carbonyl (C=O) groups is 1. The molecule has 1 fully saturated rings. The Morgan fingerprint density at radius 3 is 3.00 bits per heavy atom. The molecule has 0 spiro atoms. The number of benzene rings is 1. The van der Waals surface area contributed by atoms with Crippen molar-refractivity contribution in [3.05, 3.63) is 24.3 Å². The third-order valence-electron chi connectivity index (χ3n) is 3.73. The molecule has 0 radical (unpaired) electrons. The normalized spacial score (nSPS) is 24.5. The molecule has 3 rings (SSSR count). The lowest BCUT2D eigenvalue weighted by atomic mass is 10.1. The van der Waals surface area contributed by atoms with E-state index in [9.17, 15) is 9.90 Å². The molecule has 1 aromatic rings. The van der Waals surface area contributed by atoms with Gasteiger partial charge in [-0.1, -0.05) is 12.1 Å². The van der Waals surface area contributed by atoms with Crippen LogP contribution in [0.3, 0.4) is 0 Å². The van der Waals surface area contributed by atoms with Gasteiger partial charge in [0.15, 0.2) is 17.6 Å². The zero-order valence-electron chi connectivity index (χ0n) is 11.8. The molecule has 0 saturated carbocycles. The van der Waals surface area contributed by atoms with Crippen molar-refractivity contribution in [2.45, 2.75) is 25.0 Å². The molecule has 2 aliphatic rings. The van der Waals surface area contributed by atoms with E-state index in [0.717, 1.165) is 18.6 Å². The van der Waals surface area contributed by atoms with Crippen LogP contribution in [0.1, 0.15) is 12.8 Å². The predicted octanol–water partition coefficient (Wildman–Crippen LogP) is 0.993. The fraction of sp³-hybridized carbons (Fsp3) is 0.533. The summed E-state index contributed by atoms with van der Waals surface area (Å²) in [6.07, 6.45) is 0.995. The lowest BCUT2D eigenvalue weighted by Gasteiger charge is -2.31. The number of piperidine rings is 1. The van der Waals surface area contributed by atoms with Crippen LogP contribution in [0.15, 0.2) is 24.3 Å². The van der Waals surface area contributed by atoms with Crippen molar-refractivity contribution in [3.8, 4) is 11.5 Å². The molecule has 21 heavy (non-hydrogen) atoms. The summed E-state index contributed by atoms with van der Waals surface area (Å²) in [6.45, 7) is 1.89. The first-order chi connectivity index (χ1) is 10.2. The van der Waals surface area contributed by atoms with E-state index in [-0.39, 0.29) is 12.1 Å². The summed E-state index contributed by atoms with van der Waals surface area (Å²) in [6, 6.07) is 7.34. The Labute approximate surface area is 123 Å². The molecule has 1 saturated heterocycles. The highest BCUT2D eigenvalue weighted by Crippen LogP contribution is 2.30. The average molecular weight is 292 g/mol. The van der Waals surface area contributed by atoms with E-state index in [1.807, 2.05) is 24.3 Å². The van der Waals surface area contributed by atoms with E-state index in [4.69, 9.17) is 9.47 Å². The van der Waals surface area contributed by atoms with Gasteiger partial charge in [-0.2, -0.15) is 0 Å². The van der Waals surface area contributed by atoms with Crippen molar-refractivity contribution in [1.29, 1.82) is 0 Å². The van der Waals surface area contributed by atoms with E-state index in [1.54, 1.807) is 4.90 Å². The smallest absolute Gasteiger partial charge is 0.317 e. The van der Waals surface area contributed by atoms with Crippen LogP contribution in [-0.2, 0) is 0 Å². The van der Waals surface area contributed by atoms with Gasteiger partial charge in [0.1, 0.15) is 6.61 Å². The Morgan fingerprint density at radius 2 is 2.19 bits per heavy atom. The summed E-state index contributed by atoms with van der Waals surface area (Å²) in [5.74, 6) is 1.44. The average Bonchev–Trinajstić information content (AvgIpc) is 2.52. The van der Waals surface area contributed by atoms with E-state index in [1.165, 1.54) is 0 Å². The third-order valence-corrected chi connectivity index (χ3v) is 3.73. The zero-order chi connectivity index (χ0) is 14.7. The van der Waals surface area contributed by atoms with Gasteiger partial charge in [-0.15, -0.1) is 0 Å². The fourth-order valence-electron chi connectivity index (χ4n) is 2.62. The van der Waals surface area contributed by atoms with Crippen LogP contribution >= 0.6 is 0 Å². The van der Waals surface area contributed by atoms with Crippen molar-refractivity contribution in [2.75, 3.05) is 26.2 Å². The number of aliphatic hydroxyl groups is 1. The van der Waals surface area contributed by atoms with Gasteiger partial charge < -0.3 is 24.8 Å². The topological polar surface area (TPSA) is 71.0 Å². The Balaban J connectivity index is 1.49. The summed E-state index contributed by atoms with van der Waals surface area (Å²) in [4.78, 5) is 13.7. The molecule has 0 aromatic heterocycles. The first-order valence-electron chi connectivity index (χ1n) is 7.31. The maximum Gasteiger partial charge on any atom is 0.317 e. The Kier molecular flexibility index (Phi) is 4.15. The number of carbonyl (C=O) groups excluding carboxylic acids is 1. The van der Waals surface area contributed by atoms with E-state index in [2.05, 4.69) is 5.32 Å². The summed E-state index contributed by atoms with van der Waals surface area (Å²) < 4.78 is 11.4. The summed E-state index contributed by atoms with van der Waals surface area (Å²) in [5, 5.41) is 12.4. The lowest BCUT2D eigenvalue weighted by molar-refractivity contribution is 0.0756. The molecule has 2 atom stereocenters. The molecule has 2 amide bonds. The Bertz CT molecular complexity index is 508. The lowest BCUT2D eigenvalue weighted by Crippen LogP contribution is -2.50. The van der Waals surface area contributed by atoms with Gasteiger partial charge in [0.05, 0.1) is 12.6 Å². The first-order valence-corrected chi connectivity index (χ1v) is 7.31. The number of aliphatic hydroxyl groups excluding tert-OH is 1. The number of amides is 2. The number of urea groups is 1. The van der Waals surface area contributed by atoms with Crippen LogP contribution in [-0.4, -0.2) is 54.5 Å². The van der Waals surface area contributed by atoms with E-state index in [0.29, 0.717) is 32.0 Å². The van der Waals surface area contributed by atoms with Crippen molar-refractivity contribution in [3.63, 3.8) is 0 Å². The minimum atomic E-state index is -0.411. The minimum Gasteiger partial charge on any atom is -0.486 e. The molecular formula is C15H20N2O4. The van der Waals surface area contributed by atoms with Crippen LogP contribution in [0.5, 0.6) is 11.5 Å². The molecule has 0 bridgehead atoms. The Hall–Kier alpha value is -1.95. The van der Waals surface area contributed by atoms with Gasteiger partial charge in [-0.3, -0.25) is 0 Å². The van der Waals surface area contributed by atoms with E-state index < -0.39 is 6.10 Å². The highest BCUT2D eigenvalue weighted by Gasteiger charge is 2.24. The third kappa shape index (κ3) is 3.39. The van der Waals surface area contributed by atoms with Crippen molar-refractivity contribution >= 4 is 6.03 Å². The minimum absolute atomic E-state index is 0.156. The predicted molar refractivity (Wildman–Crippen MR) is 76.6 cm³/mol. The summed E-state index contributed by atoms with van der Waals surface area (Å²) in [7, 11) is 0.